The van der Waals surface area contributed by atoms with Crippen LogP contribution in [0.25, 0.3) is 0 Å². The van der Waals surface area contributed by atoms with Gasteiger partial charge >= 0.3 is 5.97 Å². The molecule has 1 unspecified atom stereocenters. The average molecular weight is 514 g/mol. The molecule has 0 spiro atoms. The van der Waals surface area contributed by atoms with Crippen LogP contribution in [0.4, 0.5) is 10.1 Å². The van der Waals surface area contributed by atoms with Crippen LogP contribution >= 0.6 is 11.6 Å². The zero-order chi connectivity index (χ0) is 25.8. The molecule has 2 heterocycles. The number of carbonyl (C=O) groups is 3. The summed E-state index contributed by atoms with van der Waals surface area (Å²) >= 11 is 6.32. The molecule has 1 saturated heterocycles. The minimum atomic E-state index is -0.567. The number of anilines is 1. The van der Waals surface area contributed by atoms with Crippen molar-refractivity contribution in [3.63, 3.8) is 0 Å². The van der Waals surface area contributed by atoms with E-state index in [0.717, 1.165) is 5.69 Å². The van der Waals surface area contributed by atoms with Crippen LogP contribution in [0.3, 0.4) is 0 Å². The number of allylic oxidation sites excluding steroid dienone is 1. The monoisotopic (exact) mass is 513 g/mol. The van der Waals surface area contributed by atoms with Crippen LogP contribution in [0, 0.1) is 5.82 Å². The normalized spacial score (nSPS) is 18.5. The number of hydrogen-bond acceptors (Lipinski definition) is 5. The quantitative estimate of drug-likeness (QED) is 0.546. The van der Waals surface area contributed by atoms with E-state index >= 15 is 0 Å². The van der Waals surface area contributed by atoms with Crippen LogP contribution in [-0.4, -0.2) is 66.9 Å². The molecular formula is C27H29ClFN3O4. The largest absolute Gasteiger partial charge is 0.463 e. The van der Waals surface area contributed by atoms with E-state index in [2.05, 4.69) is 4.90 Å². The van der Waals surface area contributed by atoms with Crippen LogP contribution in [0.15, 0.2) is 59.8 Å². The van der Waals surface area contributed by atoms with E-state index < -0.39 is 17.7 Å². The molecular weight excluding hydrogens is 485 g/mol. The van der Waals surface area contributed by atoms with E-state index in [0.29, 0.717) is 48.0 Å². The van der Waals surface area contributed by atoms with Crippen molar-refractivity contribution >= 4 is 35.1 Å². The third-order valence-corrected chi connectivity index (χ3v) is 7.03. The number of benzene rings is 2. The Bertz CT molecular complexity index is 1180. The summed E-state index contributed by atoms with van der Waals surface area (Å²) in [6.45, 7) is 5.62. The predicted molar refractivity (Wildman–Crippen MR) is 135 cm³/mol. The van der Waals surface area contributed by atoms with Crippen molar-refractivity contribution in [2.75, 3.05) is 44.2 Å². The molecule has 1 atom stereocenters. The number of para-hydroxylation sites is 1. The first-order valence-electron chi connectivity index (χ1n) is 12.0. The van der Waals surface area contributed by atoms with Gasteiger partial charge in [-0.05, 0) is 43.7 Å². The Labute approximate surface area is 215 Å². The summed E-state index contributed by atoms with van der Waals surface area (Å²) in [5.74, 6) is -1.96. The molecule has 0 radical (unpaired) electrons. The standard InChI is InChI=1S/C27H29ClFN3O4/c1-3-36-27(35)26-18(2)32(24(33)16-21(26)19-8-10-20(29)11-9-19)17-25(34)31-14-12-30(13-15-31)23-7-5-4-6-22(23)28/h4-11,21H,3,12-17H2,1-2H3. The topological polar surface area (TPSA) is 70.2 Å². The fraction of sp³-hybridized carbons (Fsp3) is 0.370. The smallest absolute Gasteiger partial charge is 0.336 e. The molecule has 0 saturated carbocycles. The highest BCUT2D eigenvalue weighted by atomic mass is 35.5. The molecule has 0 N–H and O–H groups in total. The summed E-state index contributed by atoms with van der Waals surface area (Å²) in [4.78, 5) is 44.4. The number of carbonyl (C=O) groups excluding carboxylic acids is 3. The molecule has 1 fully saturated rings. The zero-order valence-electron chi connectivity index (χ0n) is 20.4. The van der Waals surface area contributed by atoms with Crippen LogP contribution in [0.2, 0.25) is 5.02 Å². The molecule has 0 bridgehead atoms. The lowest BCUT2D eigenvalue weighted by Gasteiger charge is -2.38. The number of hydrogen-bond donors (Lipinski definition) is 0. The van der Waals surface area contributed by atoms with E-state index in [-0.39, 0.29) is 31.4 Å². The molecule has 2 aromatic carbocycles. The lowest BCUT2D eigenvalue weighted by Crippen LogP contribution is -2.52. The first-order valence-corrected chi connectivity index (χ1v) is 12.4. The minimum absolute atomic E-state index is 0.00924. The molecule has 7 nitrogen and oxygen atoms in total. The van der Waals surface area contributed by atoms with Crippen molar-refractivity contribution in [1.29, 1.82) is 0 Å². The molecule has 9 heteroatoms. The van der Waals surface area contributed by atoms with Crippen molar-refractivity contribution < 1.29 is 23.5 Å². The Balaban J connectivity index is 1.50. The molecule has 0 aliphatic carbocycles. The number of halogens is 2. The second kappa shape index (κ2) is 11.1. The maximum absolute atomic E-state index is 13.5. The molecule has 2 aliphatic rings. The van der Waals surface area contributed by atoms with Crippen LogP contribution < -0.4 is 4.90 Å². The number of ether oxygens (including phenoxy) is 1. The summed E-state index contributed by atoms with van der Waals surface area (Å²) in [6, 6.07) is 13.3. The summed E-state index contributed by atoms with van der Waals surface area (Å²) in [6.07, 6.45) is -0.00924. The van der Waals surface area contributed by atoms with Gasteiger partial charge in [0.15, 0.2) is 0 Å². The minimum Gasteiger partial charge on any atom is -0.463 e. The van der Waals surface area contributed by atoms with Gasteiger partial charge in [-0.1, -0.05) is 35.9 Å². The molecule has 2 amide bonds. The fourth-order valence-electron chi connectivity index (χ4n) is 4.80. The van der Waals surface area contributed by atoms with Gasteiger partial charge in [0.1, 0.15) is 12.4 Å². The number of amides is 2. The van der Waals surface area contributed by atoms with Crippen molar-refractivity contribution in [1.82, 2.24) is 9.80 Å². The molecule has 36 heavy (non-hydrogen) atoms. The van der Waals surface area contributed by atoms with Gasteiger partial charge in [0.2, 0.25) is 11.8 Å². The Hall–Kier alpha value is -3.39. The Morgan fingerprint density at radius 3 is 2.36 bits per heavy atom. The third-order valence-electron chi connectivity index (χ3n) is 6.71. The van der Waals surface area contributed by atoms with E-state index in [4.69, 9.17) is 16.3 Å². The molecule has 4 rings (SSSR count). The number of nitrogens with zero attached hydrogens (tertiary/aromatic N) is 3. The fourth-order valence-corrected chi connectivity index (χ4v) is 5.05. The third kappa shape index (κ3) is 5.38. The van der Waals surface area contributed by atoms with Gasteiger partial charge in [-0.2, -0.15) is 0 Å². The molecule has 0 aromatic heterocycles. The van der Waals surface area contributed by atoms with Crippen molar-refractivity contribution in [3.8, 4) is 0 Å². The van der Waals surface area contributed by atoms with Gasteiger partial charge in [0.05, 0.1) is 22.9 Å². The number of rotatable bonds is 6. The highest BCUT2D eigenvalue weighted by Crippen LogP contribution is 2.37. The van der Waals surface area contributed by atoms with Crippen LogP contribution in [0.1, 0.15) is 31.7 Å². The van der Waals surface area contributed by atoms with Gasteiger partial charge in [-0.25, -0.2) is 9.18 Å². The summed E-state index contributed by atoms with van der Waals surface area (Å²) in [5.41, 5.74) is 2.29. The SMILES string of the molecule is CCOC(=O)C1=C(C)N(CC(=O)N2CCN(c3ccccc3Cl)CC2)C(=O)CC1c1ccc(F)cc1. The maximum Gasteiger partial charge on any atom is 0.336 e. The molecule has 2 aliphatic heterocycles. The Kier molecular flexibility index (Phi) is 7.94. The van der Waals surface area contributed by atoms with Crippen LogP contribution in [0.5, 0.6) is 0 Å². The highest BCUT2D eigenvalue weighted by Gasteiger charge is 2.38. The first kappa shape index (κ1) is 25.7. The Morgan fingerprint density at radius 1 is 1.06 bits per heavy atom. The predicted octanol–water partition coefficient (Wildman–Crippen LogP) is 3.98. The summed E-state index contributed by atoms with van der Waals surface area (Å²) in [5, 5.41) is 0.666. The lowest BCUT2D eigenvalue weighted by molar-refractivity contribution is -0.142. The lowest BCUT2D eigenvalue weighted by atomic mass is 9.83. The van der Waals surface area contributed by atoms with Gasteiger partial charge in [0.25, 0.3) is 0 Å². The molecule has 2 aromatic rings. The first-order chi connectivity index (χ1) is 17.3. The van der Waals surface area contributed by atoms with E-state index in [1.165, 1.54) is 17.0 Å². The van der Waals surface area contributed by atoms with Gasteiger partial charge in [-0.15, -0.1) is 0 Å². The average Bonchev–Trinajstić information content (AvgIpc) is 2.87. The summed E-state index contributed by atoms with van der Waals surface area (Å²) < 4.78 is 18.8. The maximum atomic E-state index is 13.5. The van der Waals surface area contributed by atoms with E-state index in [1.807, 2.05) is 24.3 Å². The summed E-state index contributed by atoms with van der Waals surface area (Å²) in [7, 11) is 0. The highest BCUT2D eigenvalue weighted by molar-refractivity contribution is 6.33. The van der Waals surface area contributed by atoms with Gasteiger partial charge < -0.3 is 19.4 Å². The zero-order valence-corrected chi connectivity index (χ0v) is 21.1. The number of piperazine rings is 1. The number of esters is 1. The van der Waals surface area contributed by atoms with Crippen molar-refractivity contribution in [3.05, 3.63) is 76.2 Å². The van der Waals surface area contributed by atoms with Gasteiger partial charge in [-0.3, -0.25) is 9.59 Å². The van der Waals surface area contributed by atoms with Gasteiger partial charge in [0, 0.05) is 44.2 Å². The van der Waals surface area contributed by atoms with Crippen molar-refractivity contribution in [2.45, 2.75) is 26.2 Å². The second-order valence-corrected chi connectivity index (χ2v) is 9.23. The Morgan fingerprint density at radius 2 is 1.72 bits per heavy atom. The second-order valence-electron chi connectivity index (χ2n) is 8.83. The van der Waals surface area contributed by atoms with Crippen molar-refractivity contribution in [2.24, 2.45) is 0 Å². The van der Waals surface area contributed by atoms with Crippen LogP contribution in [-0.2, 0) is 19.1 Å². The molecule has 190 valence electrons. The van der Waals surface area contributed by atoms with E-state index in [1.54, 1.807) is 30.9 Å². The van der Waals surface area contributed by atoms with E-state index in [9.17, 15) is 18.8 Å².